The largest absolute Gasteiger partial charge is 0.416 e. The van der Waals surface area contributed by atoms with Gasteiger partial charge in [-0.2, -0.15) is 13.2 Å². The molecule has 0 spiro atoms. The summed E-state index contributed by atoms with van der Waals surface area (Å²) in [5, 5.41) is 14.7. The van der Waals surface area contributed by atoms with Crippen LogP contribution in [0, 0.1) is 0 Å². The van der Waals surface area contributed by atoms with Gasteiger partial charge in [-0.15, -0.1) is 10.2 Å². The monoisotopic (exact) mass is 404 g/mol. The smallest absolute Gasteiger partial charge is 0.357 e. The highest BCUT2D eigenvalue weighted by molar-refractivity contribution is 5.79. The lowest BCUT2D eigenvalue weighted by Gasteiger charge is -2.11. The lowest BCUT2D eigenvalue weighted by Crippen LogP contribution is -2.37. The number of nitrogens with zero attached hydrogens (tertiary/aromatic N) is 4. The van der Waals surface area contributed by atoms with Gasteiger partial charge >= 0.3 is 6.18 Å². The number of aliphatic imine (C=N–C) groups is 1. The van der Waals surface area contributed by atoms with Crippen LogP contribution < -0.4 is 10.6 Å². The van der Waals surface area contributed by atoms with Crippen molar-refractivity contribution < 1.29 is 13.2 Å². The van der Waals surface area contributed by atoms with Gasteiger partial charge in [0.2, 0.25) is 0 Å². The molecule has 0 aliphatic rings. The summed E-state index contributed by atoms with van der Waals surface area (Å²) in [5.74, 6) is 1.52. The Morgan fingerprint density at radius 1 is 1.07 bits per heavy atom. The summed E-state index contributed by atoms with van der Waals surface area (Å²) in [7, 11) is 0. The molecule has 0 saturated carbocycles. The second-order valence-electron chi connectivity index (χ2n) is 6.47. The van der Waals surface area contributed by atoms with E-state index in [0.717, 1.165) is 36.4 Å². The molecular weight excluding hydrogens is 381 g/mol. The van der Waals surface area contributed by atoms with E-state index in [-0.39, 0.29) is 0 Å². The summed E-state index contributed by atoms with van der Waals surface area (Å²) in [6, 6.07) is 10.8. The molecule has 6 nitrogen and oxygen atoms in total. The summed E-state index contributed by atoms with van der Waals surface area (Å²) in [5.41, 5.74) is 0.878. The van der Waals surface area contributed by atoms with Gasteiger partial charge in [-0.3, -0.25) is 4.40 Å². The Labute approximate surface area is 166 Å². The molecule has 2 N–H and O–H groups in total. The summed E-state index contributed by atoms with van der Waals surface area (Å²) >= 11 is 0. The Bertz CT molecular complexity index is 947. The van der Waals surface area contributed by atoms with E-state index in [1.165, 1.54) is 12.1 Å². The van der Waals surface area contributed by atoms with Crippen LogP contribution in [0.3, 0.4) is 0 Å². The average Bonchev–Trinajstić information content (AvgIpc) is 3.12. The normalized spacial score (nSPS) is 12.3. The van der Waals surface area contributed by atoms with E-state index in [4.69, 9.17) is 0 Å². The maximum Gasteiger partial charge on any atom is 0.416 e. The van der Waals surface area contributed by atoms with Crippen LogP contribution >= 0.6 is 0 Å². The van der Waals surface area contributed by atoms with Gasteiger partial charge in [0, 0.05) is 25.7 Å². The standard InChI is InChI=1S/C20H23F3N6/c1-2-24-19(26-14-15-8-10-16(11-9-15)20(21,22)23)25-12-5-7-18-28-27-17-6-3-4-13-29(17)18/h3-4,6,8-11,13H,2,5,7,12,14H2,1H3,(H2,24,25,26). The lowest BCUT2D eigenvalue weighted by atomic mass is 10.1. The number of aromatic nitrogens is 3. The van der Waals surface area contributed by atoms with Crippen LogP contribution in [-0.2, 0) is 19.1 Å². The van der Waals surface area contributed by atoms with E-state index in [1.54, 1.807) is 0 Å². The molecule has 2 heterocycles. The van der Waals surface area contributed by atoms with Crippen molar-refractivity contribution in [2.75, 3.05) is 13.1 Å². The zero-order chi connectivity index (χ0) is 20.7. The summed E-state index contributed by atoms with van der Waals surface area (Å²) in [6.07, 6.45) is -0.793. The minimum atomic E-state index is -4.33. The molecule has 0 unspecified atom stereocenters. The number of benzene rings is 1. The highest BCUT2D eigenvalue weighted by Crippen LogP contribution is 2.29. The maximum absolute atomic E-state index is 12.6. The summed E-state index contributed by atoms with van der Waals surface area (Å²) in [6.45, 7) is 3.62. The van der Waals surface area contributed by atoms with Crippen molar-refractivity contribution in [1.82, 2.24) is 25.2 Å². The molecule has 0 aliphatic heterocycles. The molecule has 0 aliphatic carbocycles. The van der Waals surface area contributed by atoms with Gasteiger partial charge < -0.3 is 10.6 Å². The Hall–Kier alpha value is -3.10. The first-order valence-corrected chi connectivity index (χ1v) is 9.44. The number of alkyl halides is 3. The fraction of sp³-hybridized carbons (Fsp3) is 0.350. The molecular formula is C20H23F3N6. The van der Waals surface area contributed by atoms with E-state index < -0.39 is 11.7 Å². The van der Waals surface area contributed by atoms with Gasteiger partial charge in [0.1, 0.15) is 5.82 Å². The van der Waals surface area contributed by atoms with Crippen molar-refractivity contribution in [3.63, 3.8) is 0 Å². The molecule has 0 bridgehead atoms. The minimum Gasteiger partial charge on any atom is -0.357 e. The van der Waals surface area contributed by atoms with E-state index in [2.05, 4.69) is 25.8 Å². The molecule has 0 amide bonds. The SMILES string of the molecule is CCNC(=NCc1ccc(C(F)(F)F)cc1)NCCCc1nnc2ccccn12. The minimum absolute atomic E-state index is 0.294. The van der Waals surface area contributed by atoms with Crippen molar-refractivity contribution in [3.8, 4) is 0 Å². The highest BCUT2D eigenvalue weighted by atomic mass is 19.4. The van der Waals surface area contributed by atoms with Crippen LogP contribution in [0.15, 0.2) is 53.7 Å². The lowest BCUT2D eigenvalue weighted by molar-refractivity contribution is -0.137. The van der Waals surface area contributed by atoms with Crippen LogP contribution in [-0.4, -0.2) is 33.6 Å². The van der Waals surface area contributed by atoms with Crippen LogP contribution in [0.5, 0.6) is 0 Å². The molecule has 3 rings (SSSR count). The first-order valence-electron chi connectivity index (χ1n) is 9.44. The molecule has 29 heavy (non-hydrogen) atoms. The van der Waals surface area contributed by atoms with Crippen LogP contribution in [0.4, 0.5) is 13.2 Å². The van der Waals surface area contributed by atoms with Gasteiger partial charge in [0.15, 0.2) is 11.6 Å². The zero-order valence-corrected chi connectivity index (χ0v) is 16.1. The van der Waals surface area contributed by atoms with Crippen molar-refractivity contribution in [2.45, 2.75) is 32.5 Å². The van der Waals surface area contributed by atoms with E-state index >= 15 is 0 Å². The molecule has 0 radical (unpaired) electrons. The number of pyridine rings is 1. The van der Waals surface area contributed by atoms with Crippen molar-refractivity contribution in [1.29, 1.82) is 0 Å². The Morgan fingerprint density at radius 2 is 1.86 bits per heavy atom. The number of fused-ring (bicyclic) bond motifs is 1. The predicted molar refractivity (Wildman–Crippen MR) is 106 cm³/mol. The average molecular weight is 404 g/mol. The molecule has 9 heteroatoms. The fourth-order valence-corrected chi connectivity index (χ4v) is 2.83. The summed E-state index contributed by atoms with van der Waals surface area (Å²) in [4.78, 5) is 4.44. The third-order valence-corrected chi connectivity index (χ3v) is 4.30. The Balaban J connectivity index is 1.51. The van der Waals surface area contributed by atoms with Crippen molar-refractivity contribution in [3.05, 3.63) is 65.6 Å². The number of aryl methyl sites for hydroxylation is 1. The molecule has 154 valence electrons. The quantitative estimate of drug-likeness (QED) is 0.360. The predicted octanol–water partition coefficient (Wildman–Crippen LogP) is 3.44. The first kappa shape index (κ1) is 20.6. The van der Waals surface area contributed by atoms with E-state index in [9.17, 15) is 13.2 Å². The van der Waals surface area contributed by atoms with Gasteiger partial charge in [0.05, 0.1) is 12.1 Å². The third-order valence-electron chi connectivity index (χ3n) is 4.30. The van der Waals surface area contributed by atoms with Crippen LogP contribution in [0.1, 0.15) is 30.3 Å². The number of guanidine groups is 1. The van der Waals surface area contributed by atoms with Gasteiger partial charge in [-0.25, -0.2) is 4.99 Å². The first-order chi connectivity index (χ1) is 14.0. The second-order valence-corrected chi connectivity index (χ2v) is 6.47. The molecule has 0 saturated heterocycles. The van der Waals surface area contributed by atoms with Crippen molar-refractivity contribution >= 4 is 11.6 Å². The Morgan fingerprint density at radius 3 is 2.59 bits per heavy atom. The van der Waals surface area contributed by atoms with Gasteiger partial charge in [-0.1, -0.05) is 18.2 Å². The fourth-order valence-electron chi connectivity index (χ4n) is 2.83. The highest BCUT2D eigenvalue weighted by Gasteiger charge is 2.29. The third kappa shape index (κ3) is 5.69. The van der Waals surface area contributed by atoms with E-state index in [0.29, 0.717) is 31.2 Å². The van der Waals surface area contributed by atoms with E-state index in [1.807, 2.05) is 35.7 Å². The second kappa shape index (κ2) is 9.40. The molecule has 1 aromatic carbocycles. The van der Waals surface area contributed by atoms with Crippen LogP contribution in [0.2, 0.25) is 0 Å². The maximum atomic E-state index is 12.6. The number of rotatable bonds is 7. The van der Waals surface area contributed by atoms with Gasteiger partial charge in [-0.05, 0) is 43.2 Å². The number of hydrogen-bond acceptors (Lipinski definition) is 3. The Kier molecular flexibility index (Phi) is 6.69. The molecule has 3 aromatic rings. The zero-order valence-electron chi connectivity index (χ0n) is 16.1. The summed E-state index contributed by atoms with van der Waals surface area (Å²) < 4.78 is 39.9. The molecule has 0 atom stereocenters. The number of halogens is 3. The number of hydrogen-bond donors (Lipinski definition) is 2. The molecule has 0 fully saturated rings. The van der Waals surface area contributed by atoms with Gasteiger partial charge in [0.25, 0.3) is 0 Å². The molecule has 2 aromatic heterocycles. The van der Waals surface area contributed by atoms with Crippen molar-refractivity contribution in [2.24, 2.45) is 4.99 Å². The van der Waals surface area contributed by atoms with Crippen LogP contribution in [0.25, 0.3) is 5.65 Å². The number of nitrogens with one attached hydrogen (secondary N) is 2. The topological polar surface area (TPSA) is 66.6 Å².